The molecule has 1 saturated heterocycles. The number of aryl methyl sites for hydroxylation is 1. The fourth-order valence-corrected chi connectivity index (χ4v) is 3.81. The summed E-state index contributed by atoms with van der Waals surface area (Å²) in [6, 6.07) is 7.99. The van der Waals surface area contributed by atoms with E-state index in [0.29, 0.717) is 17.4 Å². The molecule has 1 aliphatic rings. The Hall–Kier alpha value is -2.54. The lowest BCUT2D eigenvalue weighted by Crippen LogP contribution is -2.28. The van der Waals surface area contributed by atoms with E-state index in [0.717, 1.165) is 24.9 Å². The molecule has 1 aromatic carbocycles. The smallest absolute Gasteiger partial charge is 0.231 e. The second kappa shape index (κ2) is 8.43. The van der Waals surface area contributed by atoms with Crippen molar-refractivity contribution in [2.45, 2.75) is 39.5 Å². The SMILES string of the molecule is CCCCc1ccc(N2CC(C(=O)Nc3nc(C(C)=O)cs3)CC2=O)cc1. The summed E-state index contributed by atoms with van der Waals surface area (Å²) >= 11 is 1.21. The highest BCUT2D eigenvalue weighted by molar-refractivity contribution is 7.14. The van der Waals surface area contributed by atoms with Crippen LogP contribution in [0.1, 0.15) is 49.2 Å². The van der Waals surface area contributed by atoms with E-state index in [1.54, 1.807) is 10.3 Å². The van der Waals surface area contributed by atoms with Crippen molar-refractivity contribution in [2.75, 3.05) is 16.8 Å². The van der Waals surface area contributed by atoms with Gasteiger partial charge in [-0.2, -0.15) is 0 Å². The average Bonchev–Trinajstić information content (AvgIpc) is 3.27. The molecule has 1 aliphatic heterocycles. The van der Waals surface area contributed by atoms with Crippen LogP contribution in [0.25, 0.3) is 0 Å². The minimum Gasteiger partial charge on any atom is -0.312 e. The summed E-state index contributed by atoms with van der Waals surface area (Å²) in [5.41, 5.74) is 2.41. The van der Waals surface area contributed by atoms with Crippen LogP contribution >= 0.6 is 11.3 Å². The second-order valence-electron chi connectivity index (χ2n) is 6.76. The molecule has 1 unspecified atom stereocenters. The number of carbonyl (C=O) groups excluding carboxylic acids is 3. The van der Waals surface area contributed by atoms with E-state index >= 15 is 0 Å². The maximum absolute atomic E-state index is 12.5. The van der Waals surface area contributed by atoms with E-state index in [9.17, 15) is 14.4 Å². The highest BCUT2D eigenvalue weighted by Gasteiger charge is 2.35. The van der Waals surface area contributed by atoms with Gasteiger partial charge in [0.2, 0.25) is 11.8 Å². The van der Waals surface area contributed by atoms with Gasteiger partial charge in [-0.3, -0.25) is 14.4 Å². The van der Waals surface area contributed by atoms with Crippen molar-refractivity contribution in [3.05, 3.63) is 40.9 Å². The molecule has 0 radical (unpaired) electrons. The number of ketones is 1. The van der Waals surface area contributed by atoms with Gasteiger partial charge in [-0.1, -0.05) is 25.5 Å². The summed E-state index contributed by atoms with van der Waals surface area (Å²) in [7, 11) is 0. The lowest BCUT2D eigenvalue weighted by Gasteiger charge is -2.17. The lowest BCUT2D eigenvalue weighted by molar-refractivity contribution is -0.122. The minimum absolute atomic E-state index is 0.0555. The van der Waals surface area contributed by atoms with Gasteiger partial charge in [-0.25, -0.2) is 4.98 Å². The van der Waals surface area contributed by atoms with Crippen molar-refractivity contribution in [3.63, 3.8) is 0 Å². The zero-order valence-corrected chi connectivity index (χ0v) is 16.3. The predicted octanol–water partition coefficient (Wildman–Crippen LogP) is 3.68. The van der Waals surface area contributed by atoms with Crippen molar-refractivity contribution in [2.24, 2.45) is 5.92 Å². The van der Waals surface area contributed by atoms with Crippen LogP contribution in [0.15, 0.2) is 29.6 Å². The molecule has 0 bridgehead atoms. The first kappa shape index (κ1) is 19.2. The molecule has 7 heteroatoms. The number of nitrogens with zero attached hydrogens (tertiary/aromatic N) is 2. The Morgan fingerprint density at radius 1 is 1.30 bits per heavy atom. The van der Waals surface area contributed by atoms with Crippen LogP contribution in [0, 0.1) is 5.92 Å². The van der Waals surface area contributed by atoms with Gasteiger partial charge in [0.1, 0.15) is 5.69 Å². The zero-order valence-electron chi connectivity index (χ0n) is 15.5. The highest BCUT2D eigenvalue weighted by atomic mass is 32.1. The lowest BCUT2D eigenvalue weighted by atomic mass is 10.1. The number of thiazole rings is 1. The van der Waals surface area contributed by atoms with Crippen molar-refractivity contribution in [1.82, 2.24) is 4.98 Å². The molecular formula is C20H23N3O3S. The quantitative estimate of drug-likeness (QED) is 0.738. The second-order valence-corrected chi connectivity index (χ2v) is 7.62. The van der Waals surface area contributed by atoms with Gasteiger partial charge in [0.15, 0.2) is 10.9 Å². The number of hydrogen-bond acceptors (Lipinski definition) is 5. The van der Waals surface area contributed by atoms with Gasteiger partial charge in [0, 0.05) is 31.0 Å². The molecule has 6 nitrogen and oxygen atoms in total. The third-order valence-electron chi connectivity index (χ3n) is 4.66. The van der Waals surface area contributed by atoms with Gasteiger partial charge in [0.25, 0.3) is 0 Å². The topological polar surface area (TPSA) is 79.4 Å². The number of Topliss-reactive ketones (excluding diaryl/α,β-unsaturated/α-hetero) is 1. The van der Waals surface area contributed by atoms with Crippen LogP contribution in [-0.2, 0) is 16.0 Å². The number of rotatable bonds is 7. The molecule has 2 aromatic rings. The zero-order chi connectivity index (χ0) is 19.4. The molecule has 1 N–H and O–H groups in total. The summed E-state index contributed by atoms with van der Waals surface area (Å²) in [5.74, 6) is -0.867. The Balaban J connectivity index is 1.62. The average molecular weight is 385 g/mol. The van der Waals surface area contributed by atoms with Crippen LogP contribution < -0.4 is 10.2 Å². The van der Waals surface area contributed by atoms with Crippen LogP contribution in [0.5, 0.6) is 0 Å². The van der Waals surface area contributed by atoms with Crippen molar-refractivity contribution in [1.29, 1.82) is 0 Å². The Morgan fingerprint density at radius 3 is 2.67 bits per heavy atom. The van der Waals surface area contributed by atoms with Crippen LogP contribution in [0.4, 0.5) is 10.8 Å². The Labute approximate surface area is 162 Å². The molecule has 0 aliphatic carbocycles. The van der Waals surface area contributed by atoms with Gasteiger partial charge in [-0.15, -0.1) is 11.3 Å². The molecule has 0 saturated carbocycles. The number of amides is 2. The van der Waals surface area contributed by atoms with Gasteiger partial charge >= 0.3 is 0 Å². The number of aromatic nitrogens is 1. The van der Waals surface area contributed by atoms with Crippen molar-refractivity contribution < 1.29 is 14.4 Å². The van der Waals surface area contributed by atoms with E-state index in [4.69, 9.17) is 0 Å². The molecule has 2 amide bonds. The van der Waals surface area contributed by atoms with Crippen LogP contribution in [0.2, 0.25) is 0 Å². The van der Waals surface area contributed by atoms with E-state index in [1.807, 2.05) is 24.3 Å². The monoisotopic (exact) mass is 385 g/mol. The highest BCUT2D eigenvalue weighted by Crippen LogP contribution is 2.27. The fraction of sp³-hybridized carbons (Fsp3) is 0.400. The molecule has 1 atom stereocenters. The summed E-state index contributed by atoms with van der Waals surface area (Å²) in [4.78, 5) is 41.9. The first-order chi connectivity index (χ1) is 13.0. The third kappa shape index (κ3) is 4.60. The van der Waals surface area contributed by atoms with Gasteiger partial charge < -0.3 is 10.2 Å². The number of benzene rings is 1. The standard InChI is InChI=1S/C20H23N3O3S/c1-3-4-5-14-6-8-16(9-7-14)23-11-15(10-18(23)25)19(26)22-20-21-17(12-27-20)13(2)24/h6-9,12,15H,3-5,10-11H2,1-2H3,(H,21,22,26). The van der Waals surface area contributed by atoms with Gasteiger partial charge in [-0.05, 0) is 30.5 Å². The number of anilines is 2. The maximum Gasteiger partial charge on any atom is 0.231 e. The maximum atomic E-state index is 12.5. The summed E-state index contributed by atoms with van der Waals surface area (Å²) in [5, 5.41) is 4.72. The third-order valence-corrected chi connectivity index (χ3v) is 5.42. The van der Waals surface area contributed by atoms with Crippen LogP contribution in [0.3, 0.4) is 0 Å². The first-order valence-electron chi connectivity index (χ1n) is 9.14. The van der Waals surface area contributed by atoms with Crippen molar-refractivity contribution >= 4 is 39.8 Å². The largest absolute Gasteiger partial charge is 0.312 e. The van der Waals surface area contributed by atoms with E-state index in [-0.39, 0.29) is 24.0 Å². The Kier molecular flexibility index (Phi) is 6.01. The summed E-state index contributed by atoms with van der Waals surface area (Å²) < 4.78 is 0. The Morgan fingerprint density at radius 2 is 2.04 bits per heavy atom. The molecule has 142 valence electrons. The number of nitrogens with one attached hydrogen (secondary N) is 1. The molecule has 3 rings (SSSR count). The summed E-state index contributed by atoms with van der Waals surface area (Å²) in [6.45, 7) is 3.95. The van der Waals surface area contributed by atoms with Crippen molar-refractivity contribution in [3.8, 4) is 0 Å². The molecule has 0 spiro atoms. The van der Waals surface area contributed by atoms with Gasteiger partial charge in [0.05, 0.1) is 5.92 Å². The van der Waals surface area contributed by atoms with E-state index in [2.05, 4.69) is 17.2 Å². The number of carbonyl (C=O) groups is 3. The minimum atomic E-state index is -0.429. The summed E-state index contributed by atoms with van der Waals surface area (Å²) in [6.07, 6.45) is 3.50. The molecular weight excluding hydrogens is 362 g/mol. The first-order valence-corrected chi connectivity index (χ1v) is 10.0. The fourth-order valence-electron chi connectivity index (χ4n) is 3.06. The Bertz CT molecular complexity index is 844. The molecule has 1 fully saturated rings. The predicted molar refractivity (Wildman–Crippen MR) is 106 cm³/mol. The molecule has 27 heavy (non-hydrogen) atoms. The number of hydrogen-bond donors (Lipinski definition) is 1. The van der Waals surface area contributed by atoms with E-state index in [1.165, 1.54) is 23.8 Å². The normalized spacial score (nSPS) is 16.6. The molecule has 2 heterocycles. The number of unbranched alkanes of at least 4 members (excludes halogenated alkanes) is 1. The van der Waals surface area contributed by atoms with Crippen LogP contribution in [-0.4, -0.2) is 29.1 Å². The van der Waals surface area contributed by atoms with E-state index < -0.39 is 5.92 Å². The molecule has 1 aromatic heterocycles.